The van der Waals surface area contributed by atoms with Gasteiger partial charge in [-0.2, -0.15) is 0 Å². The van der Waals surface area contributed by atoms with Gasteiger partial charge in [-0.25, -0.2) is 4.79 Å². The Hall–Kier alpha value is -2.39. The molecule has 4 aliphatic rings. The summed E-state index contributed by atoms with van der Waals surface area (Å²) in [5.74, 6) is -0.992. The monoisotopic (exact) mass is 391 g/mol. The number of nitrogens with one attached hydrogen (secondary N) is 1. The van der Waals surface area contributed by atoms with Crippen molar-refractivity contribution in [2.75, 3.05) is 26.9 Å². The fourth-order valence-corrected chi connectivity index (χ4v) is 4.69. The molecule has 0 aromatic heterocycles. The van der Waals surface area contributed by atoms with Crippen LogP contribution in [0.25, 0.3) is 0 Å². The zero-order chi connectivity index (χ0) is 20.4. The molecule has 152 valence electrons. The number of nitrogens with zero attached hydrogens (tertiary/aromatic N) is 1. The van der Waals surface area contributed by atoms with Gasteiger partial charge >= 0.3 is 6.09 Å². The second-order valence-corrected chi connectivity index (χ2v) is 8.08. The number of rotatable bonds is 6. The lowest BCUT2D eigenvalue weighted by Crippen LogP contribution is -2.55. The summed E-state index contributed by atoms with van der Waals surface area (Å²) < 4.78 is 16.7. The van der Waals surface area contributed by atoms with Crippen molar-refractivity contribution in [1.29, 1.82) is 0 Å². The number of piperazine rings is 1. The number of carbonyl (C=O) groups is 3. The molecule has 1 amide bonds. The van der Waals surface area contributed by atoms with Crippen molar-refractivity contribution in [3.05, 3.63) is 22.6 Å². The molecule has 3 N–H and O–H groups in total. The van der Waals surface area contributed by atoms with Gasteiger partial charge in [0.2, 0.25) is 11.6 Å². The largest absolute Gasteiger partial charge is 0.489 e. The Labute approximate surface area is 162 Å². The first kappa shape index (κ1) is 18.9. The average molecular weight is 391 g/mol. The number of Topliss-reactive ketones (excluding diaryl/α,β-unsaturated/α-hetero) is 2. The highest BCUT2D eigenvalue weighted by Gasteiger charge is 2.72. The van der Waals surface area contributed by atoms with E-state index in [0.29, 0.717) is 24.4 Å². The molecule has 4 atom stereocenters. The number of fused-ring (bicyclic) bond motifs is 4. The number of methoxy groups -OCH3 is 1. The quantitative estimate of drug-likeness (QED) is 0.480. The van der Waals surface area contributed by atoms with Crippen LogP contribution >= 0.6 is 0 Å². The Morgan fingerprint density at radius 1 is 1.36 bits per heavy atom. The minimum absolute atomic E-state index is 0.0641. The smallest absolute Gasteiger partial charge is 0.404 e. The van der Waals surface area contributed by atoms with Gasteiger partial charge in [-0.15, -0.1) is 0 Å². The molecule has 4 rings (SSSR count). The third-order valence-corrected chi connectivity index (χ3v) is 5.93. The number of primary amides is 1. The Morgan fingerprint density at radius 3 is 2.68 bits per heavy atom. The molecule has 0 radical (unpaired) electrons. The summed E-state index contributed by atoms with van der Waals surface area (Å²) >= 11 is 0. The molecule has 28 heavy (non-hydrogen) atoms. The Morgan fingerprint density at radius 2 is 2.07 bits per heavy atom. The summed E-state index contributed by atoms with van der Waals surface area (Å²) in [6, 6.07) is 0.0985. The SMILES string of the molecule is CO[C@@]12[C@H](COC(N)=O)C3=C(C(=O)C(C)=C(OCC(C)C)C3=O)N1C[C@@H]1N[C@@H]12. The van der Waals surface area contributed by atoms with E-state index in [1.807, 2.05) is 18.7 Å². The number of hydrogen-bond acceptors (Lipinski definition) is 8. The van der Waals surface area contributed by atoms with Gasteiger partial charge in [0.25, 0.3) is 0 Å². The zero-order valence-corrected chi connectivity index (χ0v) is 16.4. The van der Waals surface area contributed by atoms with Crippen molar-refractivity contribution < 1.29 is 28.6 Å². The van der Waals surface area contributed by atoms with Crippen LogP contribution in [-0.2, 0) is 23.8 Å². The fraction of sp³-hybridized carbons (Fsp3) is 0.632. The van der Waals surface area contributed by atoms with Crippen LogP contribution in [0.4, 0.5) is 4.79 Å². The predicted molar refractivity (Wildman–Crippen MR) is 96.7 cm³/mol. The summed E-state index contributed by atoms with van der Waals surface area (Å²) in [7, 11) is 1.54. The number of nitrogens with two attached hydrogens (primary N) is 1. The highest BCUT2D eigenvalue weighted by atomic mass is 16.6. The first-order valence-electron chi connectivity index (χ1n) is 9.42. The third-order valence-electron chi connectivity index (χ3n) is 5.93. The van der Waals surface area contributed by atoms with E-state index >= 15 is 0 Å². The van der Waals surface area contributed by atoms with Crippen molar-refractivity contribution >= 4 is 17.7 Å². The predicted octanol–water partition coefficient (Wildman–Crippen LogP) is 0.0627. The lowest BCUT2D eigenvalue weighted by atomic mass is 9.83. The van der Waals surface area contributed by atoms with E-state index < -0.39 is 17.7 Å². The van der Waals surface area contributed by atoms with Gasteiger partial charge < -0.3 is 30.2 Å². The van der Waals surface area contributed by atoms with Gasteiger partial charge in [-0.05, 0) is 12.8 Å². The summed E-state index contributed by atoms with van der Waals surface area (Å²) in [6.07, 6.45) is -0.942. The van der Waals surface area contributed by atoms with Crippen LogP contribution in [0.15, 0.2) is 22.6 Å². The van der Waals surface area contributed by atoms with E-state index in [-0.39, 0.29) is 47.5 Å². The molecule has 3 aliphatic heterocycles. The molecule has 0 saturated carbocycles. The van der Waals surface area contributed by atoms with Crippen LogP contribution in [0.1, 0.15) is 20.8 Å². The summed E-state index contributed by atoms with van der Waals surface area (Å²) in [6.45, 7) is 6.24. The van der Waals surface area contributed by atoms with Gasteiger partial charge in [0, 0.05) is 30.8 Å². The van der Waals surface area contributed by atoms with E-state index in [2.05, 4.69) is 5.32 Å². The molecule has 0 aromatic carbocycles. The number of carbonyl (C=O) groups excluding carboxylic acids is 3. The van der Waals surface area contributed by atoms with Crippen LogP contribution in [-0.4, -0.2) is 67.2 Å². The van der Waals surface area contributed by atoms with E-state index in [4.69, 9.17) is 19.9 Å². The summed E-state index contributed by atoms with van der Waals surface area (Å²) in [5, 5.41) is 3.32. The maximum Gasteiger partial charge on any atom is 0.404 e. The minimum Gasteiger partial charge on any atom is -0.489 e. The number of allylic oxidation sites excluding steroid dienone is 2. The minimum atomic E-state index is -0.968. The maximum atomic E-state index is 13.4. The van der Waals surface area contributed by atoms with Crippen LogP contribution in [0, 0.1) is 11.8 Å². The van der Waals surface area contributed by atoms with E-state index in [0.717, 1.165) is 0 Å². The van der Waals surface area contributed by atoms with E-state index in [1.165, 1.54) is 7.11 Å². The van der Waals surface area contributed by atoms with Gasteiger partial charge in [-0.1, -0.05) is 13.8 Å². The first-order valence-corrected chi connectivity index (χ1v) is 9.42. The highest BCUT2D eigenvalue weighted by Crippen LogP contribution is 2.55. The first-order chi connectivity index (χ1) is 13.2. The second kappa shape index (κ2) is 6.31. The number of ketones is 2. The van der Waals surface area contributed by atoms with Gasteiger partial charge in [0.05, 0.1) is 24.3 Å². The maximum absolute atomic E-state index is 13.4. The highest BCUT2D eigenvalue weighted by molar-refractivity contribution is 6.25. The van der Waals surface area contributed by atoms with Crippen molar-refractivity contribution in [2.24, 2.45) is 17.6 Å². The number of hydrogen-bond donors (Lipinski definition) is 2. The number of ether oxygens (including phenoxy) is 3. The van der Waals surface area contributed by atoms with Crippen molar-refractivity contribution in [3.63, 3.8) is 0 Å². The second-order valence-electron chi connectivity index (χ2n) is 8.08. The number of amides is 1. The normalized spacial score (nSPS) is 33.3. The van der Waals surface area contributed by atoms with Crippen LogP contribution in [0.2, 0.25) is 0 Å². The molecule has 9 heteroatoms. The van der Waals surface area contributed by atoms with E-state index in [1.54, 1.807) is 6.92 Å². The molecule has 2 saturated heterocycles. The van der Waals surface area contributed by atoms with Gasteiger partial charge in [0.1, 0.15) is 6.61 Å². The average Bonchev–Trinajstić information content (AvgIpc) is 3.24. The zero-order valence-electron chi connectivity index (χ0n) is 16.4. The molecule has 0 unspecified atom stereocenters. The summed E-state index contributed by atoms with van der Waals surface area (Å²) in [4.78, 5) is 39.7. The molecule has 9 nitrogen and oxygen atoms in total. The molecular formula is C19H25N3O6. The molecule has 0 bridgehead atoms. The van der Waals surface area contributed by atoms with Gasteiger partial charge in [0.15, 0.2) is 11.5 Å². The molecule has 3 heterocycles. The molecule has 2 fully saturated rings. The Kier molecular flexibility index (Phi) is 4.27. The van der Waals surface area contributed by atoms with Crippen molar-refractivity contribution in [2.45, 2.75) is 38.6 Å². The van der Waals surface area contributed by atoms with E-state index in [9.17, 15) is 14.4 Å². The van der Waals surface area contributed by atoms with Gasteiger partial charge in [-0.3, -0.25) is 9.59 Å². The third kappa shape index (κ3) is 2.42. The van der Waals surface area contributed by atoms with Crippen LogP contribution in [0.5, 0.6) is 0 Å². The summed E-state index contributed by atoms with van der Waals surface area (Å²) in [5.41, 5.74) is 5.10. The Balaban J connectivity index is 1.76. The lowest BCUT2D eigenvalue weighted by Gasteiger charge is -2.39. The molecular weight excluding hydrogens is 366 g/mol. The fourth-order valence-electron chi connectivity index (χ4n) is 4.69. The molecule has 0 spiro atoms. The van der Waals surface area contributed by atoms with Crippen LogP contribution < -0.4 is 11.1 Å². The van der Waals surface area contributed by atoms with Crippen LogP contribution in [0.3, 0.4) is 0 Å². The molecule has 0 aromatic rings. The topological polar surface area (TPSA) is 130 Å². The Bertz CT molecular complexity index is 832. The van der Waals surface area contributed by atoms with Crippen molar-refractivity contribution in [3.8, 4) is 0 Å². The molecule has 1 aliphatic carbocycles. The van der Waals surface area contributed by atoms with Crippen molar-refractivity contribution in [1.82, 2.24) is 10.2 Å². The lowest BCUT2D eigenvalue weighted by molar-refractivity contribution is -0.137. The standard InChI is InChI=1S/C19H25N3O6/c1-8(2)6-27-16-9(3)14(23)13-12(15(16)24)10(7-28-18(20)25)19(26-4)17-11(21-17)5-22(13)19/h8,10-11,17,21H,5-7H2,1-4H3,(H2,20,25)/t10-,11+,17+,19-/m1/s1.